The van der Waals surface area contributed by atoms with Gasteiger partial charge in [0.15, 0.2) is 0 Å². The molecule has 0 aromatic heterocycles. The van der Waals surface area contributed by atoms with Gasteiger partial charge in [-0.15, -0.1) is 0 Å². The second-order valence-corrected chi connectivity index (χ2v) is 4.11. The van der Waals surface area contributed by atoms with E-state index in [4.69, 9.17) is 4.74 Å². The van der Waals surface area contributed by atoms with E-state index in [2.05, 4.69) is 5.32 Å². The average Bonchev–Trinajstić information content (AvgIpc) is 2.49. The van der Waals surface area contributed by atoms with Crippen LogP contribution in [-0.4, -0.2) is 17.9 Å². The Labute approximate surface area is 119 Å². The van der Waals surface area contributed by atoms with Crippen LogP contribution >= 0.6 is 0 Å². The van der Waals surface area contributed by atoms with Gasteiger partial charge in [-0.2, -0.15) is 0 Å². The second kappa shape index (κ2) is 6.00. The molecule has 0 unspecified atom stereocenters. The molecule has 0 saturated heterocycles. The highest BCUT2D eigenvalue weighted by Crippen LogP contribution is 2.22. The molecule has 108 valence electrons. The van der Waals surface area contributed by atoms with Gasteiger partial charge in [-0.1, -0.05) is 6.07 Å². The lowest BCUT2D eigenvalue weighted by Crippen LogP contribution is -2.13. The normalized spacial score (nSPS) is 10.0. The highest BCUT2D eigenvalue weighted by molar-refractivity contribution is 6.04. The molecule has 1 N–H and O–H groups in total. The highest BCUT2D eigenvalue weighted by atomic mass is 19.1. The van der Waals surface area contributed by atoms with Gasteiger partial charge in [-0.3, -0.25) is 14.9 Å². The molecule has 0 bridgehead atoms. The van der Waals surface area contributed by atoms with Crippen LogP contribution in [0.15, 0.2) is 42.5 Å². The van der Waals surface area contributed by atoms with Crippen molar-refractivity contribution in [1.29, 1.82) is 0 Å². The zero-order chi connectivity index (χ0) is 15.4. The van der Waals surface area contributed by atoms with Gasteiger partial charge >= 0.3 is 0 Å². The van der Waals surface area contributed by atoms with Crippen molar-refractivity contribution in [3.05, 3.63) is 64.0 Å². The first-order chi connectivity index (χ1) is 10.0. The summed E-state index contributed by atoms with van der Waals surface area (Å²) in [6.45, 7) is 0. The van der Waals surface area contributed by atoms with E-state index in [0.717, 1.165) is 18.2 Å². The lowest BCUT2D eigenvalue weighted by atomic mass is 10.2. The number of amides is 1. The molecule has 0 fully saturated rings. The Morgan fingerprint density at radius 3 is 2.71 bits per heavy atom. The summed E-state index contributed by atoms with van der Waals surface area (Å²) >= 11 is 0. The largest absolute Gasteiger partial charge is 0.497 e. The summed E-state index contributed by atoms with van der Waals surface area (Å²) in [5, 5.41) is 13.0. The van der Waals surface area contributed by atoms with E-state index in [0.29, 0.717) is 5.75 Å². The Morgan fingerprint density at radius 2 is 2.05 bits per heavy atom. The number of nitrogens with one attached hydrogen (secondary N) is 1. The molecule has 0 radical (unpaired) electrons. The van der Waals surface area contributed by atoms with Crippen molar-refractivity contribution in [2.45, 2.75) is 0 Å². The SMILES string of the molecule is COc1cccc(C(=O)Nc2cc([N+](=O)[O-])ccc2F)c1. The molecule has 0 aliphatic heterocycles. The molecule has 0 atom stereocenters. The van der Waals surface area contributed by atoms with Gasteiger partial charge in [0, 0.05) is 17.7 Å². The molecule has 0 aliphatic carbocycles. The smallest absolute Gasteiger partial charge is 0.271 e. The molecule has 2 aromatic rings. The maximum Gasteiger partial charge on any atom is 0.271 e. The number of nitrogens with zero attached hydrogens (tertiary/aromatic N) is 1. The van der Waals surface area contributed by atoms with Gasteiger partial charge in [0.25, 0.3) is 11.6 Å². The van der Waals surface area contributed by atoms with E-state index >= 15 is 0 Å². The van der Waals surface area contributed by atoms with Gasteiger partial charge in [0.05, 0.1) is 17.7 Å². The van der Waals surface area contributed by atoms with Gasteiger partial charge in [-0.05, 0) is 24.3 Å². The number of benzene rings is 2. The number of non-ortho nitro benzene ring substituents is 1. The van der Waals surface area contributed by atoms with E-state index < -0.39 is 16.6 Å². The summed E-state index contributed by atoms with van der Waals surface area (Å²) in [5.74, 6) is -0.868. The lowest BCUT2D eigenvalue weighted by Gasteiger charge is -2.07. The third-order valence-corrected chi connectivity index (χ3v) is 2.74. The Kier molecular flexibility index (Phi) is 4.13. The predicted molar refractivity (Wildman–Crippen MR) is 74.0 cm³/mol. The molecule has 0 spiro atoms. The van der Waals surface area contributed by atoms with Crippen LogP contribution in [-0.2, 0) is 0 Å². The van der Waals surface area contributed by atoms with Crippen LogP contribution in [0.3, 0.4) is 0 Å². The van der Waals surface area contributed by atoms with Crippen molar-refractivity contribution in [3.8, 4) is 5.75 Å². The van der Waals surface area contributed by atoms with Crippen molar-refractivity contribution in [2.24, 2.45) is 0 Å². The molecule has 0 heterocycles. The number of halogens is 1. The Morgan fingerprint density at radius 1 is 1.29 bits per heavy atom. The fraction of sp³-hybridized carbons (Fsp3) is 0.0714. The monoisotopic (exact) mass is 290 g/mol. The molecule has 2 aromatic carbocycles. The fourth-order valence-electron chi connectivity index (χ4n) is 1.68. The van der Waals surface area contributed by atoms with Crippen molar-refractivity contribution >= 4 is 17.3 Å². The first-order valence-corrected chi connectivity index (χ1v) is 5.90. The number of carbonyl (C=O) groups excluding carboxylic acids is 1. The summed E-state index contributed by atoms with van der Waals surface area (Å²) in [7, 11) is 1.46. The molecular formula is C14H11FN2O4. The fourth-order valence-corrected chi connectivity index (χ4v) is 1.68. The molecule has 1 amide bonds. The van der Waals surface area contributed by atoms with E-state index in [1.54, 1.807) is 12.1 Å². The molecule has 21 heavy (non-hydrogen) atoms. The van der Waals surface area contributed by atoms with Gasteiger partial charge < -0.3 is 10.1 Å². The van der Waals surface area contributed by atoms with Crippen molar-refractivity contribution in [1.82, 2.24) is 0 Å². The van der Waals surface area contributed by atoms with Gasteiger partial charge in [-0.25, -0.2) is 4.39 Å². The Bertz CT molecular complexity index is 703. The summed E-state index contributed by atoms with van der Waals surface area (Å²) in [6.07, 6.45) is 0. The maximum absolute atomic E-state index is 13.6. The predicted octanol–water partition coefficient (Wildman–Crippen LogP) is 2.99. The first-order valence-electron chi connectivity index (χ1n) is 5.90. The number of anilines is 1. The van der Waals surface area contributed by atoms with Crippen LogP contribution in [0.1, 0.15) is 10.4 Å². The zero-order valence-electron chi connectivity index (χ0n) is 11.0. The minimum absolute atomic E-state index is 0.250. The van der Waals surface area contributed by atoms with Crippen LogP contribution < -0.4 is 10.1 Å². The number of ether oxygens (including phenoxy) is 1. The number of nitro groups is 1. The average molecular weight is 290 g/mol. The lowest BCUT2D eigenvalue weighted by molar-refractivity contribution is -0.384. The number of hydrogen-bond donors (Lipinski definition) is 1. The third-order valence-electron chi connectivity index (χ3n) is 2.74. The molecule has 0 aliphatic rings. The summed E-state index contributed by atoms with van der Waals surface area (Å²) < 4.78 is 18.6. The highest BCUT2D eigenvalue weighted by Gasteiger charge is 2.14. The Hall–Kier alpha value is -2.96. The summed E-state index contributed by atoms with van der Waals surface area (Å²) in [4.78, 5) is 22.0. The molecule has 6 nitrogen and oxygen atoms in total. The molecule has 0 saturated carbocycles. The first kappa shape index (κ1) is 14.4. The van der Waals surface area contributed by atoms with Crippen molar-refractivity contribution in [2.75, 3.05) is 12.4 Å². The molecular weight excluding hydrogens is 279 g/mol. The summed E-state index contributed by atoms with van der Waals surface area (Å²) in [6, 6.07) is 9.18. The van der Waals surface area contributed by atoms with E-state index in [1.807, 2.05) is 0 Å². The van der Waals surface area contributed by atoms with E-state index in [1.165, 1.54) is 19.2 Å². The quantitative estimate of drug-likeness (QED) is 0.693. The standard InChI is InChI=1S/C14H11FN2O4/c1-21-11-4-2-3-9(7-11)14(18)16-13-8-10(17(19)20)5-6-12(13)15/h2-8H,1H3,(H,16,18). The van der Waals surface area contributed by atoms with Crippen LogP contribution in [0.4, 0.5) is 15.8 Å². The van der Waals surface area contributed by atoms with Gasteiger partial charge in [0.2, 0.25) is 0 Å². The number of rotatable bonds is 4. The third kappa shape index (κ3) is 3.33. The minimum Gasteiger partial charge on any atom is -0.497 e. The zero-order valence-corrected chi connectivity index (χ0v) is 11.0. The van der Waals surface area contributed by atoms with E-state index in [-0.39, 0.29) is 16.9 Å². The van der Waals surface area contributed by atoms with Gasteiger partial charge in [0.1, 0.15) is 11.6 Å². The number of carbonyl (C=O) groups is 1. The van der Waals surface area contributed by atoms with E-state index in [9.17, 15) is 19.3 Å². The van der Waals surface area contributed by atoms with Crippen molar-refractivity contribution < 1.29 is 18.8 Å². The van der Waals surface area contributed by atoms with Crippen LogP contribution in [0, 0.1) is 15.9 Å². The molecule has 7 heteroatoms. The van der Waals surface area contributed by atoms with Crippen LogP contribution in [0.25, 0.3) is 0 Å². The number of methoxy groups -OCH3 is 1. The Balaban J connectivity index is 2.26. The van der Waals surface area contributed by atoms with Crippen LogP contribution in [0.2, 0.25) is 0 Å². The number of nitro benzene ring substituents is 1. The van der Waals surface area contributed by atoms with Crippen LogP contribution in [0.5, 0.6) is 5.75 Å². The van der Waals surface area contributed by atoms with Crippen molar-refractivity contribution in [3.63, 3.8) is 0 Å². The summed E-state index contributed by atoms with van der Waals surface area (Å²) in [5.41, 5.74) is -0.311. The topological polar surface area (TPSA) is 81.5 Å². The number of hydrogen-bond acceptors (Lipinski definition) is 4. The minimum atomic E-state index is -0.753. The molecule has 2 rings (SSSR count). The maximum atomic E-state index is 13.6. The second-order valence-electron chi connectivity index (χ2n) is 4.11.